The molecule has 2 aliphatic heterocycles. The maximum Gasteiger partial charge on any atom is 0.311 e. The van der Waals surface area contributed by atoms with Crippen molar-refractivity contribution in [3.8, 4) is 63.2 Å². The summed E-state index contributed by atoms with van der Waals surface area (Å²) in [6, 6.07) is 45.5. The van der Waals surface area contributed by atoms with E-state index in [9.17, 15) is 82.5 Å². The van der Waals surface area contributed by atoms with E-state index in [4.69, 9.17) is 34.5 Å². The summed E-state index contributed by atoms with van der Waals surface area (Å²) < 4.78 is 183. The Labute approximate surface area is 658 Å². The molecule has 0 fully saturated rings. The maximum absolute atomic E-state index is 13.2. The van der Waals surface area contributed by atoms with Crippen LogP contribution in [-0.2, 0) is 26.7 Å². The smallest absolute Gasteiger partial charge is 0.311 e. The Balaban J connectivity index is 0.000000180. The molecule has 2 heterocycles. The number of nitro benzene ring substituents is 2. The first-order valence-electron chi connectivity index (χ1n) is 30.3. The van der Waals surface area contributed by atoms with Gasteiger partial charge in [0.1, 0.15) is 87.0 Å². The van der Waals surface area contributed by atoms with Crippen LogP contribution in [0.3, 0.4) is 0 Å². The van der Waals surface area contributed by atoms with Gasteiger partial charge in [-0.15, -0.1) is 0 Å². The summed E-state index contributed by atoms with van der Waals surface area (Å²) in [5.74, 6) is -4.95. The van der Waals surface area contributed by atoms with E-state index in [1.807, 2.05) is 25.1 Å². The fourth-order valence-electron chi connectivity index (χ4n) is 8.88. The molecule has 2 aliphatic rings. The summed E-state index contributed by atoms with van der Waals surface area (Å²) in [6.45, 7) is 1.99. The Hall–Kier alpha value is -11.6. The van der Waals surface area contributed by atoms with E-state index in [0.717, 1.165) is 95.5 Å². The number of nitrogens with two attached hydrogens (primary N) is 1. The van der Waals surface area contributed by atoms with Crippen LogP contribution in [-0.4, -0.2) is 27.8 Å². The molecule has 0 atom stereocenters. The van der Waals surface area contributed by atoms with Crippen molar-refractivity contribution in [3.05, 3.63) is 332 Å². The molecule has 0 bridgehead atoms. The second-order valence-corrected chi connectivity index (χ2v) is 25.0. The minimum atomic E-state index is -1.16. The molecule has 14 rings (SSSR count). The third-order valence-corrected chi connectivity index (χ3v) is 16.5. The number of hydrogen-bond acceptors (Lipinski definition) is 14. The summed E-state index contributed by atoms with van der Waals surface area (Å²) in [7, 11) is 0. The van der Waals surface area contributed by atoms with Crippen LogP contribution in [0.1, 0.15) is 5.56 Å². The van der Waals surface area contributed by atoms with Gasteiger partial charge in [-0.25, -0.2) is 48.3 Å². The number of benzene rings is 12. The topological polar surface area (TPSA) is 240 Å². The number of aromatic hydroxyl groups is 1. The van der Waals surface area contributed by atoms with Gasteiger partial charge in [0.05, 0.1) is 61.9 Å². The fraction of sp³-hybridized carbons (Fsp3) is 0.0133. The molecule has 110 heavy (non-hydrogen) atoms. The van der Waals surface area contributed by atoms with E-state index in [1.54, 1.807) is 6.07 Å². The number of fused-ring (bicyclic) bond motifs is 4. The van der Waals surface area contributed by atoms with Gasteiger partial charge >= 0.3 is 11.4 Å². The third kappa shape index (κ3) is 24.4. The Morgan fingerprint density at radius 3 is 1.25 bits per heavy atom. The molecule has 18 nitrogen and oxygen atoms in total. The van der Waals surface area contributed by atoms with Gasteiger partial charge in [-0.1, -0.05) is 6.07 Å². The molecule has 5 N–H and O–H groups in total. The van der Waals surface area contributed by atoms with Crippen LogP contribution >= 0.6 is 63.7 Å². The second-order valence-electron chi connectivity index (χ2n) is 21.6. The van der Waals surface area contributed by atoms with Crippen LogP contribution in [0, 0.1) is 97.0 Å². The van der Waals surface area contributed by atoms with Crippen LogP contribution in [0.2, 0.25) is 0 Å². The summed E-state index contributed by atoms with van der Waals surface area (Å²) in [5, 5.41) is 35.2. The number of anilines is 6. The van der Waals surface area contributed by atoms with E-state index >= 15 is 0 Å². The van der Waals surface area contributed by atoms with Gasteiger partial charge in [0, 0.05) is 95.9 Å². The Kier molecular flexibility index (Phi) is 31.1. The van der Waals surface area contributed by atoms with E-state index in [-0.39, 0.29) is 86.0 Å². The van der Waals surface area contributed by atoms with Gasteiger partial charge in [0.25, 0.3) is 0 Å². The molecular weight excluding hydrogens is 1780 g/mol. The molecule has 12 aromatic rings. The minimum absolute atomic E-state index is 0. The molecule has 0 unspecified atom stereocenters. The molecule has 0 aliphatic carbocycles. The zero-order valence-electron chi connectivity index (χ0n) is 55.2. The van der Waals surface area contributed by atoms with E-state index in [1.165, 1.54) is 120 Å². The first-order valence-corrected chi connectivity index (χ1v) is 33.5. The van der Waals surface area contributed by atoms with Crippen molar-refractivity contribution in [2.45, 2.75) is 6.92 Å². The molecule has 568 valence electrons. The molecule has 2 amide bonds. The van der Waals surface area contributed by atoms with Gasteiger partial charge in [0.2, 0.25) is 24.4 Å². The van der Waals surface area contributed by atoms with Gasteiger partial charge < -0.3 is 45.2 Å². The number of phenolic OH excluding ortho intramolecular Hbond substituents is 1. The van der Waals surface area contributed by atoms with Crippen molar-refractivity contribution in [2.75, 3.05) is 21.3 Å². The predicted octanol–water partition coefficient (Wildman–Crippen LogP) is 24.1. The number of halogens is 16. The average molecular weight is 1830 g/mol. The molecule has 0 aromatic heterocycles. The summed E-state index contributed by atoms with van der Waals surface area (Å²) in [6.07, 6.45) is 1.02. The maximum atomic E-state index is 13.2. The quantitative estimate of drug-likeness (QED) is 0.0235. The molecule has 35 heteroatoms. The SMILES string of the molecule is Cc1ccc2c(c1)Oc1cc(F)ccc1N2.Nc1ccc(F)cc1Oc1cc(F)ccc1Br.O=CN1c2ccc(F)cc2Oc2cc(F)ccc21.O=CNc1ccc(F)cc1Oc1cc(F)ccc1Br.O=[N+]([O-])c1ccc(F)cc1F.O=[N+]([O-])c1ccc(F)cc1Oc1cc(F)ccc1Br.Oc1cc(F)ccc1Br.[Fe]. The number of carbonyl (C=O) groups is 2. The number of amides is 2. The molecule has 0 spiro atoms. The van der Waals surface area contributed by atoms with Crippen LogP contribution in [0.5, 0.6) is 63.2 Å². The Bertz CT molecular complexity index is 5220. The van der Waals surface area contributed by atoms with Crippen molar-refractivity contribution in [2.24, 2.45) is 0 Å². The standard InChI is InChI=1S/C13H8BrF2NO2.C13H7F2NO2.C13H10FNO.C12H6BrF2NO3.C12H8BrF2NO.C6H4BrFO.C6H3F2NO2.Fe/c14-10-3-1-8(15)5-12(10)19-13-6-9(16)2-4-11(13)17-7-18;14-8-1-3-10-12(5-8)18-13-6-9(15)2-4-11(13)16(10)7-17;1-8-2-4-10-12(6-8)16-13-7-9(14)3-5-11(13)15-10;13-9-3-1-7(14)5-11(9)19-12-6-8(15)2-4-10(12)16(17)18;13-9-3-1-7(14)5-11(9)17-12-6-8(15)2-4-10(12)16;7-5-2-1-4(8)3-6(5)9;7-4-1-2-6(9(10)11)5(8)3-4;/h1-7H,(H,17,18);1-7H;2-7,15H,1H3;1-6H;1-6H,16H2;1-3,9H;1-3H;. The van der Waals surface area contributed by atoms with E-state index < -0.39 is 85.2 Å². The molecule has 0 radical (unpaired) electrons. The van der Waals surface area contributed by atoms with Crippen molar-refractivity contribution in [3.63, 3.8) is 0 Å². The first-order chi connectivity index (χ1) is 51.8. The van der Waals surface area contributed by atoms with E-state index in [0.29, 0.717) is 53.9 Å². The number of nitrogens with zero attached hydrogens (tertiary/aromatic N) is 3. The predicted molar refractivity (Wildman–Crippen MR) is 393 cm³/mol. The third-order valence-electron chi connectivity index (χ3n) is 13.9. The number of nitro groups is 2. The van der Waals surface area contributed by atoms with Crippen LogP contribution in [0.25, 0.3) is 0 Å². The normalized spacial score (nSPS) is 10.6. The second kappa shape index (κ2) is 40.0. The van der Waals surface area contributed by atoms with Crippen LogP contribution in [0.4, 0.5) is 98.2 Å². The van der Waals surface area contributed by atoms with Crippen LogP contribution in [0.15, 0.2) is 236 Å². The van der Waals surface area contributed by atoms with Crippen LogP contribution < -0.4 is 45.0 Å². The number of ether oxygens (including phenoxy) is 5. The zero-order valence-corrected chi connectivity index (χ0v) is 62.6. The number of nitrogens with one attached hydrogen (secondary N) is 2. The molecular formula is C75H46Br4F12FeN6O12. The van der Waals surface area contributed by atoms with Crippen molar-refractivity contribution >= 4 is 122 Å². The molecule has 0 saturated heterocycles. The summed E-state index contributed by atoms with van der Waals surface area (Å²) in [5.41, 5.74) is 8.72. The molecule has 0 saturated carbocycles. The summed E-state index contributed by atoms with van der Waals surface area (Å²) in [4.78, 5) is 42.0. The monoisotopic (exact) mass is 1820 g/mol. The van der Waals surface area contributed by atoms with Gasteiger partial charge in [-0.3, -0.25) is 34.7 Å². The fourth-order valence-corrected chi connectivity index (χ4v) is 10.1. The largest absolute Gasteiger partial charge is 0.507 e. The number of aryl methyl sites for hydroxylation is 1. The molecule has 12 aromatic carbocycles. The zero-order chi connectivity index (χ0) is 79.3. The number of nitrogen functional groups attached to an aromatic ring is 1. The van der Waals surface area contributed by atoms with Crippen molar-refractivity contribution in [1.29, 1.82) is 0 Å². The number of rotatable bonds is 11. The Morgan fingerprint density at radius 2 is 0.782 bits per heavy atom. The van der Waals surface area contributed by atoms with Crippen molar-refractivity contribution < 1.29 is 118 Å². The van der Waals surface area contributed by atoms with Gasteiger partial charge in [-0.2, -0.15) is 4.39 Å². The number of carbonyl (C=O) groups excluding carboxylic acids is 2. The average Bonchev–Trinajstić information content (AvgIpc) is 0.770. The van der Waals surface area contributed by atoms with Crippen molar-refractivity contribution in [1.82, 2.24) is 0 Å². The Morgan fingerprint density at radius 1 is 0.427 bits per heavy atom. The minimum Gasteiger partial charge on any atom is -0.507 e. The van der Waals surface area contributed by atoms with Gasteiger partial charge in [-0.05, 0) is 210 Å². The summed E-state index contributed by atoms with van der Waals surface area (Å²) >= 11 is 12.5. The number of hydrogen-bond donors (Lipinski definition) is 4. The number of phenols is 1. The van der Waals surface area contributed by atoms with E-state index in [2.05, 4.69) is 74.4 Å². The first kappa shape index (κ1) is 85.6. The van der Waals surface area contributed by atoms with Gasteiger partial charge in [0.15, 0.2) is 34.5 Å².